The number of hydrogen-bond donors (Lipinski definition) is 1. The maximum Gasteiger partial charge on any atom is 0.170 e. The van der Waals surface area contributed by atoms with Gasteiger partial charge in [0.2, 0.25) is 0 Å². The van der Waals surface area contributed by atoms with E-state index in [1.54, 1.807) is 13.2 Å². The van der Waals surface area contributed by atoms with Crippen molar-refractivity contribution < 1.29 is 14.6 Å². The van der Waals surface area contributed by atoms with Gasteiger partial charge < -0.3 is 9.84 Å². The summed E-state index contributed by atoms with van der Waals surface area (Å²) in [7, 11) is 1.58. The van der Waals surface area contributed by atoms with Gasteiger partial charge >= 0.3 is 0 Å². The summed E-state index contributed by atoms with van der Waals surface area (Å²) < 4.78 is 5.10. The number of rotatable bonds is 4. The number of carbonyl (C=O) groups excluding carboxylic acids is 1. The highest BCUT2D eigenvalue weighted by Gasteiger charge is 2.11. The summed E-state index contributed by atoms with van der Waals surface area (Å²) in [6.45, 7) is 0. The average molecular weight is 241 g/mol. The molecule has 3 nitrogen and oxygen atoms in total. The topological polar surface area (TPSA) is 46.5 Å². The van der Waals surface area contributed by atoms with Gasteiger partial charge in [-0.1, -0.05) is 18.2 Å². The van der Waals surface area contributed by atoms with E-state index in [1.165, 1.54) is 12.1 Å². The molecule has 91 valence electrons. The van der Waals surface area contributed by atoms with Crippen LogP contribution in [0, 0.1) is 6.07 Å². The summed E-state index contributed by atoms with van der Waals surface area (Å²) in [6.07, 6.45) is 0.225. The Morgan fingerprint density at radius 2 is 2.22 bits per heavy atom. The van der Waals surface area contributed by atoms with E-state index in [0.717, 1.165) is 5.56 Å². The molecule has 2 aromatic rings. The smallest absolute Gasteiger partial charge is 0.170 e. The quantitative estimate of drug-likeness (QED) is 0.837. The number of phenols is 1. The van der Waals surface area contributed by atoms with Gasteiger partial charge in [0.1, 0.15) is 11.5 Å². The maximum atomic E-state index is 12.0. The van der Waals surface area contributed by atoms with Crippen LogP contribution in [-0.4, -0.2) is 18.0 Å². The molecule has 0 fully saturated rings. The van der Waals surface area contributed by atoms with Crippen LogP contribution in [0.4, 0.5) is 0 Å². The number of benzene rings is 2. The van der Waals surface area contributed by atoms with Gasteiger partial charge in [-0.05, 0) is 35.9 Å². The molecule has 18 heavy (non-hydrogen) atoms. The summed E-state index contributed by atoms with van der Waals surface area (Å²) in [6, 6.07) is 14.6. The first-order valence-corrected chi connectivity index (χ1v) is 5.56. The highest BCUT2D eigenvalue weighted by atomic mass is 16.5. The van der Waals surface area contributed by atoms with Crippen molar-refractivity contribution in [1.82, 2.24) is 0 Å². The van der Waals surface area contributed by atoms with Crippen LogP contribution in [0.15, 0.2) is 42.5 Å². The highest BCUT2D eigenvalue weighted by Crippen LogP contribution is 2.19. The zero-order valence-electron chi connectivity index (χ0n) is 10.0. The molecule has 1 radical (unpaired) electrons. The lowest BCUT2D eigenvalue weighted by molar-refractivity contribution is 0.0990. The molecule has 0 heterocycles. The van der Waals surface area contributed by atoms with Crippen molar-refractivity contribution in [2.75, 3.05) is 7.11 Å². The maximum absolute atomic E-state index is 12.0. The van der Waals surface area contributed by atoms with Crippen LogP contribution in [-0.2, 0) is 6.42 Å². The van der Waals surface area contributed by atoms with Crippen molar-refractivity contribution in [3.8, 4) is 11.5 Å². The largest absolute Gasteiger partial charge is 0.507 e. The number of carbonyl (C=O) groups is 1. The minimum absolute atomic E-state index is 0.0124. The molecule has 0 saturated carbocycles. The van der Waals surface area contributed by atoms with Gasteiger partial charge in [-0.3, -0.25) is 4.79 Å². The summed E-state index contributed by atoms with van der Waals surface area (Å²) in [5, 5.41) is 9.59. The summed E-state index contributed by atoms with van der Waals surface area (Å²) in [5.41, 5.74) is 1.14. The number of ketones is 1. The Kier molecular flexibility index (Phi) is 3.63. The molecule has 0 bridgehead atoms. The second-order valence-corrected chi connectivity index (χ2v) is 3.89. The first kappa shape index (κ1) is 12.2. The monoisotopic (exact) mass is 241 g/mol. The zero-order chi connectivity index (χ0) is 13.0. The van der Waals surface area contributed by atoms with E-state index < -0.39 is 0 Å². The molecule has 0 aromatic heterocycles. The molecule has 2 rings (SSSR count). The molecule has 0 spiro atoms. The van der Waals surface area contributed by atoms with E-state index in [9.17, 15) is 9.90 Å². The van der Waals surface area contributed by atoms with Gasteiger partial charge in [-0.2, -0.15) is 0 Å². The van der Waals surface area contributed by atoms with E-state index in [4.69, 9.17) is 4.74 Å². The fourth-order valence-corrected chi connectivity index (χ4v) is 1.71. The summed E-state index contributed by atoms with van der Waals surface area (Å²) in [4.78, 5) is 12.0. The Labute approximate surface area is 106 Å². The van der Waals surface area contributed by atoms with Gasteiger partial charge in [-0.15, -0.1) is 0 Å². The van der Waals surface area contributed by atoms with Crippen LogP contribution in [0.25, 0.3) is 0 Å². The van der Waals surface area contributed by atoms with Crippen LogP contribution < -0.4 is 4.74 Å². The van der Waals surface area contributed by atoms with Crippen LogP contribution in [0.3, 0.4) is 0 Å². The van der Waals surface area contributed by atoms with Gasteiger partial charge in [0.15, 0.2) is 5.78 Å². The Bertz CT molecular complexity index is 561. The third-order valence-electron chi connectivity index (χ3n) is 2.64. The van der Waals surface area contributed by atoms with E-state index in [2.05, 4.69) is 6.07 Å². The molecule has 0 aliphatic rings. The van der Waals surface area contributed by atoms with Gasteiger partial charge in [0, 0.05) is 6.42 Å². The van der Waals surface area contributed by atoms with Crippen molar-refractivity contribution in [3.63, 3.8) is 0 Å². The average Bonchev–Trinajstić information content (AvgIpc) is 2.39. The lowest BCUT2D eigenvalue weighted by Crippen LogP contribution is -2.03. The summed E-state index contributed by atoms with van der Waals surface area (Å²) >= 11 is 0. The lowest BCUT2D eigenvalue weighted by atomic mass is 10.0. The van der Waals surface area contributed by atoms with Crippen LogP contribution in [0.1, 0.15) is 15.9 Å². The first-order chi connectivity index (χ1) is 8.70. The van der Waals surface area contributed by atoms with Crippen molar-refractivity contribution in [2.24, 2.45) is 0 Å². The van der Waals surface area contributed by atoms with Crippen LogP contribution >= 0.6 is 0 Å². The molecule has 0 unspecified atom stereocenters. The van der Waals surface area contributed by atoms with E-state index in [0.29, 0.717) is 11.3 Å². The van der Waals surface area contributed by atoms with E-state index in [-0.39, 0.29) is 18.0 Å². The van der Waals surface area contributed by atoms with Crippen LogP contribution in [0.5, 0.6) is 11.5 Å². The second kappa shape index (κ2) is 5.36. The Morgan fingerprint density at radius 1 is 1.39 bits per heavy atom. The fourth-order valence-electron chi connectivity index (χ4n) is 1.71. The number of Topliss-reactive ketones (excluding diaryl/α,β-unsaturated/α-hetero) is 1. The molecule has 0 saturated heterocycles. The number of phenolic OH excluding ortho intramolecular Hbond substituents is 1. The Balaban J connectivity index is 2.19. The molecular weight excluding hydrogens is 228 g/mol. The van der Waals surface area contributed by atoms with Crippen molar-refractivity contribution in [1.29, 1.82) is 0 Å². The zero-order valence-corrected chi connectivity index (χ0v) is 10.0. The van der Waals surface area contributed by atoms with E-state index in [1.807, 2.05) is 24.3 Å². The highest BCUT2D eigenvalue weighted by molar-refractivity contribution is 5.99. The number of methoxy groups -OCH3 is 1. The molecular formula is C15H13O3. The number of hydrogen-bond acceptors (Lipinski definition) is 3. The molecule has 0 atom stereocenters. The van der Waals surface area contributed by atoms with Gasteiger partial charge in [0.25, 0.3) is 0 Å². The predicted molar refractivity (Wildman–Crippen MR) is 68.0 cm³/mol. The number of aromatic hydroxyl groups is 1. The summed E-state index contributed by atoms with van der Waals surface area (Å²) in [5.74, 6) is 0.559. The minimum atomic E-state index is -0.141. The SMILES string of the molecule is COc1cccc(CC(=O)c2c[c]ccc2O)c1. The fraction of sp³-hybridized carbons (Fsp3) is 0.133. The van der Waals surface area contributed by atoms with Gasteiger partial charge in [0.05, 0.1) is 12.7 Å². The normalized spacial score (nSPS) is 10.1. The first-order valence-electron chi connectivity index (χ1n) is 5.56. The third-order valence-corrected chi connectivity index (χ3v) is 2.64. The molecule has 0 amide bonds. The van der Waals surface area contributed by atoms with Crippen molar-refractivity contribution in [2.45, 2.75) is 6.42 Å². The molecule has 0 aliphatic carbocycles. The van der Waals surface area contributed by atoms with E-state index >= 15 is 0 Å². The molecule has 0 aliphatic heterocycles. The number of ether oxygens (including phenoxy) is 1. The lowest BCUT2D eigenvalue weighted by Gasteiger charge is -2.05. The third kappa shape index (κ3) is 2.69. The van der Waals surface area contributed by atoms with Crippen molar-refractivity contribution in [3.05, 3.63) is 59.7 Å². The Hall–Kier alpha value is -2.29. The second-order valence-electron chi connectivity index (χ2n) is 3.89. The van der Waals surface area contributed by atoms with Crippen molar-refractivity contribution >= 4 is 5.78 Å². The standard InChI is InChI=1S/C15H13O3/c1-18-12-6-4-5-11(9-12)10-15(17)13-7-2-3-8-14(13)16/h3-9,16H,10H2,1H3. The molecule has 1 N–H and O–H groups in total. The minimum Gasteiger partial charge on any atom is -0.507 e. The molecule has 3 heteroatoms. The van der Waals surface area contributed by atoms with Crippen LogP contribution in [0.2, 0.25) is 0 Å². The predicted octanol–water partition coefficient (Wildman–Crippen LogP) is 2.63. The molecule has 2 aromatic carbocycles. The Morgan fingerprint density at radius 3 is 2.94 bits per heavy atom. The van der Waals surface area contributed by atoms with Gasteiger partial charge in [-0.25, -0.2) is 0 Å².